The summed E-state index contributed by atoms with van der Waals surface area (Å²) in [6.45, 7) is 1.90. The standard InChI is InChI=1S/C12H12BNO3S/c1-7(17-2)8-3-9-5-11(13(15)16)18-12(9)10(4-8)6-14/h3-5,7,15-16H,1-2H3. The largest absolute Gasteiger partial charge is 0.499 e. The molecule has 1 atom stereocenters. The van der Waals surface area contributed by atoms with Gasteiger partial charge < -0.3 is 14.8 Å². The topological polar surface area (TPSA) is 73.5 Å². The van der Waals surface area contributed by atoms with E-state index in [0.29, 0.717) is 10.3 Å². The minimum atomic E-state index is -1.50. The number of hydrogen-bond donors (Lipinski definition) is 2. The van der Waals surface area contributed by atoms with E-state index in [4.69, 9.17) is 10.00 Å². The maximum atomic E-state index is 9.17. The van der Waals surface area contributed by atoms with Crippen LogP contribution in [0.5, 0.6) is 0 Å². The molecule has 0 spiro atoms. The molecule has 0 fully saturated rings. The zero-order valence-corrected chi connectivity index (χ0v) is 10.9. The predicted octanol–water partition coefficient (Wildman–Crippen LogP) is 1.16. The molecule has 0 aliphatic heterocycles. The lowest BCUT2D eigenvalue weighted by Crippen LogP contribution is -2.26. The van der Waals surface area contributed by atoms with Crippen LogP contribution < -0.4 is 4.78 Å². The van der Waals surface area contributed by atoms with Crippen LogP contribution in [0, 0.1) is 11.3 Å². The van der Waals surface area contributed by atoms with Crippen LogP contribution in [0.25, 0.3) is 10.1 Å². The van der Waals surface area contributed by atoms with Gasteiger partial charge in [0, 0.05) is 11.9 Å². The van der Waals surface area contributed by atoms with Gasteiger partial charge in [-0.05, 0) is 36.1 Å². The van der Waals surface area contributed by atoms with Gasteiger partial charge in [0.15, 0.2) is 0 Å². The van der Waals surface area contributed by atoms with Gasteiger partial charge in [-0.2, -0.15) is 5.26 Å². The zero-order chi connectivity index (χ0) is 13.3. The Morgan fingerprint density at radius 3 is 2.67 bits per heavy atom. The summed E-state index contributed by atoms with van der Waals surface area (Å²) < 4.78 is 6.44. The molecule has 2 aromatic rings. The lowest BCUT2D eigenvalue weighted by molar-refractivity contribution is 0.119. The quantitative estimate of drug-likeness (QED) is 0.813. The fourth-order valence-corrected chi connectivity index (χ4v) is 2.75. The predicted molar refractivity (Wildman–Crippen MR) is 71.8 cm³/mol. The van der Waals surface area contributed by atoms with Crippen molar-refractivity contribution in [2.45, 2.75) is 13.0 Å². The fraction of sp³-hybridized carbons (Fsp3) is 0.250. The van der Waals surface area contributed by atoms with Crippen LogP contribution in [0.15, 0.2) is 18.2 Å². The Hall–Kier alpha value is -1.39. The minimum Gasteiger partial charge on any atom is -0.423 e. The van der Waals surface area contributed by atoms with E-state index in [-0.39, 0.29) is 6.10 Å². The third-order valence-corrected chi connectivity index (χ3v) is 4.08. The summed E-state index contributed by atoms with van der Waals surface area (Å²) in [5.41, 5.74) is 1.43. The smallest absolute Gasteiger partial charge is 0.423 e. The molecular formula is C12H12BNO3S. The van der Waals surface area contributed by atoms with Crippen molar-refractivity contribution in [2.75, 3.05) is 7.11 Å². The molecule has 0 aliphatic rings. The molecule has 0 aliphatic carbocycles. The highest BCUT2D eigenvalue weighted by Crippen LogP contribution is 2.28. The van der Waals surface area contributed by atoms with E-state index < -0.39 is 7.12 Å². The molecular weight excluding hydrogens is 249 g/mol. The second kappa shape index (κ2) is 5.08. The lowest BCUT2D eigenvalue weighted by atomic mass is 9.89. The van der Waals surface area contributed by atoms with Crippen LogP contribution in [-0.4, -0.2) is 24.3 Å². The first-order valence-electron chi connectivity index (χ1n) is 5.43. The number of fused-ring (bicyclic) bond motifs is 1. The second-order valence-electron chi connectivity index (χ2n) is 4.00. The zero-order valence-electron chi connectivity index (χ0n) is 10.0. The fourth-order valence-electron chi connectivity index (χ4n) is 1.78. The Morgan fingerprint density at radius 1 is 1.39 bits per heavy atom. The van der Waals surface area contributed by atoms with E-state index in [9.17, 15) is 10.0 Å². The maximum absolute atomic E-state index is 9.17. The number of benzene rings is 1. The molecule has 0 bridgehead atoms. The molecule has 2 rings (SSSR count). The molecule has 2 N–H and O–H groups in total. The second-order valence-corrected chi connectivity index (χ2v) is 5.08. The number of nitriles is 1. The average Bonchev–Trinajstić information content (AvgIpc) is 2.80. The van der Waals surface area contributed by atoms with E-state index in [0.717, 1.165) is 15.6 Å². The maximum Gasteiger partial charge on any atom is 0.499 e. The first-order chi connectivity index (χ1) is 8.56. The van der Waals surface area contributed by atoms with Crippen LogP contribution in [0.4, 0.5) is 0 Å². The van der Waals surface area contributed by atoms with Crippen LogP contribution in [0.2, 0.25) is 0 Å². The summed E-state index contributed by atoms with van der Waals surface area (Å²) in [5.74, 6) is 0. The van der Waals surface area contributed by atoms with Crippen molar-refractivity contribution >= 4 is 33.3 Å². The number of hydrogen-bond acceptors (Lipinski definition) is 5. The van der Waals surface area contributed by atoms with Gasteiger partial charge in [-0.15, -0.1) is 11.3 Å². The minimum absolute atomic E-state index is 0.108. The van der Waals surface area contributed by atoms with Gasteiger partial charge in [0.05, 0.1) is 16.4 Å². The van der Waals surface area contributed by atoms with Crippen molar-refractivity contribution in [2.24, 2.45) is 0 Å². The summed E-state index contributed by atoms with van der Waals surface area (Å²) >= 11 is 1.22. The molecule has 4 nitrogen and oxygen atoms in total. The van der Waals surface area contributed by atoms with Crippen molar-refractivity contribution in [3.8, 4) is 6.07 Å². The van der Waals surface area contributed by atoms with Crippen molar-refractivity contribution in [3.63, 3.8) is 0 Å². The SMILES string of the molecule is COC(C)c1cc(C#N)c2sc(B(O)O)cc2c1. The first kappa shape index (κ1) is 13.1. The van der Waals surface area contributed by atoms with Gasteiger partial charge in [0.1, 0.15) is 6.07 Å². The van der Waals surface area contributed by atoms with E-state index in [2.05, 4.69) is 6.07 Å². The Labute approximate surface area is 109 Å². The number of methoxy groups -OCH3 is 1. The van der Waals surface area contributed by atoms with Crippen molar-refractivity contribution in [1.82, 2.24) is 0 Å². The highest BCUT2D eigenvalue weighted by molar-refractivity contribution is 7.28. The summed E-state index contributed by atoms with van der Waals surface area (Å²) in [6, 6.07) is 7.51. The van der Waals surface area contributed by atoms with E-state index in [1.807, 2.05) is 13.0 Å². The third-order valence-electron chi connectivity index (χ3n) is 2.86. The average molecular weight is 261 g/mol. The van der Waals surface area contributed by atoms with Gasteiger partial charge in [-0.1, -0.05) is 0 Å². The molecule has 1 unspecified atom stereocenters. The van der Waals surface area contributed by atoms with Gasteiger partial charge in [0.25, 0.3) is 0 Å². The van der Waals surface area contributed by atoms with Gasteiger partial charge >= 0.3 is 7.12 Å². The Morgan fingerprint density at radius 2 is 2.11 bits per heavy atom. The lowest BCUT2D eigenvalue weighted by Gasteiger charge is -2.10. The van der Waals surface area contributed by atoms with Gasteiger partial charge in [-0.25, -0.2) is 0 Å². The Bertz CT molecular complexity index is 618. The first-order valence-corrected chi connectivity index (χ1v) is 6.25. The molecule has 92 valence electrons. The van der Waals surface area contributed by atoms with Crippen molar-refractivity contribution in [1.29, 1.82) is 5.26 Å². The van der Waals surface area contributed by atoms with Crippen LogP contribution in [0.1, 0.15) is 24.2 Å². The molecule has 1 aromatic carbocycles. The third kappa shape index (κ3) is 2.26. The van der Waals surface area contributed by atoms with Crippen LogP contribution in [-0.2, 0) is 4.74 Å². The summed E-state index contributed by atoms with van der Waals surface area (Å²) in [6.07, 6.45) is -0.108. The number of nitrogens with zero attached hydrogens (tertiary/aromatic N) is 1. The van der Waals surface area contributed by atoms with E-state index in [1.165, 1.54) is 11.3 Å². The van der Waals surface area contributed by atoms with Crippen LogP contribution >= 0.6 is 11.3 Å². The highest BCUT2D eigenvalue weighted by Gasteiger charge is 2.17. The Kier molecular flexibility index (Phi) is 3.69. The van der Waals surface area contributed by atoms with Crippen LogP contribution in [0.3, 0.4) is 0 Å². The number of thiophene rings is 1. The normalized spacial score (nSPS) is 12.4. The summed E-state index contributed by atoms with van der Waals surface area (Å²) in [7, 11) is 0.106. The van der Waals surface area contributed by atoms with Gasteiger partial charge in [0.2, 0.25) is 0 Å². The molecule has 1 heterocycles. The summed E-state index contributed by atoms with van der Waals surface area (Å²) in [4.78, 5) is 0. The Balaban J connectivity index is 2.65. The molecule has 0 saturated heterocycles. The van der Waals surface area contributed by atoms with Crippen molar-refractivity contribution in [3.05, 3.63) is 29.3 Å². The van der Waals surface area contributed by atoms with E-state index in [1.54, 1.807) is 19.2 Å². The highest BCUT2D eigenvalue weighted by atomic mass is 32.1. The van der Waals surface area contributed by atoms with Crippen molar-refractivity contribution < 1.29 is 14.8 Å². The number of rotatable bonds is 3. The monoisotopic (exact) mass is 261 g/mol. The summed E-state index contributed by atoms with van der Waals surface area (Å²) in [5, 5.41) is 28.3. The molecule has 0 amide bonds. The number of ether oxygens (including phenoxy) is 1. The van der Waals surface area contributed by atoms with Gasteiger partial charge in [-0.3, -0.25) is 0 Å². The van der Waals surface area contributed by atoms with E-state index >= 15 is 0 Å². The molecule has 18 heavy (non-hydrogen) atoms. The molecule has 1 aromatic heterocycles. The molecule has 6 heteroatoms. The molecule has 0 saturated carbocycles. The molecule has 0 radical (unpaired) electrons.